The second-order valence-electron chi connectivity index (χ2n) is 4.93. The first-order valence-electron chi connectivity index (χ1n) is 7.10. The van der Waals surface area contributed by atoms with Gasteiger partial charge in [-0.25, -0.2) is 4.98 Å². The summed E-state index contributed by atoms with van der Waals surface area (Å²) in [5.41, 5.74) is 1.03. The molecule has 1 aromatic carbocycles. The van der Waals surface area contributed by atoms with E-state index in [-0.39, 0.29) is 0 Å². The lowest BCUT2D eigenvalue weighted by atomic mass is 10.3. The topological polar surface area (TPSA) is 69.1 Å². The fraction of sp³-hybridized carbons (Fsp3) is 0.0667. The fourth-order valence-corrected chi connectivity index (χ4v) is 5.09. The number of thioether (sulfide) groups is 1. The zero-order chi connectivity index (χ0) is 15.9. The molecule has 0 saturated carbocycles. The van der Waals surface area contributed by atoms with Gasteiger partial charge in [0.05, 0.1) is 22.2 Å². The third-order valence-corrected chi connectivity index (χ3v) is 6.48. The van der Waals surface area contributed by atoms with E-state index < -0.39 is 0 Å². The first kappa shape index (κ1) is 14.1. The highest BCUT2D eigenvalue weighted by molar-refractivity contribution is 8.00. The largest absolute Gasteiger partial charge is 0.462 e. The van der Waals surface area contributed by atoms with Crippen LogP contribution in [0.15, 0.2) is 51.4 Å². The Morgan fingerprint density at radius 2 is 2.04 bits per heavy atom. The van der Waals surface area contributed by atoms with Crippen LogP contribution in [0, 0.1) is 0 Å². The molecule has 0 radical (unpaired) electrons. The summed E-state index contributed by atoms with van der Waals surface area (Å²) in [4.78, 5) is 5.39. The zero-order valence-corrected chi connectivity index (χ0v) is 14.6. The van der Waals surface area contributed by atoms with Gasteiger partial charge >= 0.3 is 0 Å². The fourth-order valence-electron chi connectivity index (χ4n) is 2.29. The molecule has 0 bridgehead atoms. The molecular formula is C15H9N5OS3. The van der Waals surface area contributed by atoms with E-state index in [1.54, 1.807) is 33.9 Å². The third kappa shape index (κ3) is 2.41. The number of rotatable bonds is 4. The van der Waals surface area contributed by atoms with E-state index >= 15 is 0 Å². The standard InChI is InChI=1S/C15H9N5OS3/c1-2-6-11-9(4-1)16-15(23-11)22-8-12-17-18-14-20(12)19-13(24-14)10-5-3-7-21-10/h1-7H,8H2. The average molecular weight is 371 g/mol. The first-order chi connectivity index (χ1) is 11.9. The average Bonchev–Trinajstić information content (AvgIpc) is 3.34. The monoisotopic (exact) mass is 371 g/mol. The highest BCUT2D eigenvalue weighted by Crippen LogP contribution is 2.32. The quantitative estimate of drug-likeness (QED) is 0.438. The van der Waals surface area contributed by atoms with Crippen molar-refractivity contribution in [3.63, 3.8) is 0 Å². The van der Waals surface area contributed by atoms with E-state index in [0.29, 0.717) is 5.75 Å². The van der Waals surface area contributed by atoms with Crippen LogP contribution >= 0.6 is 34.4 Å². The van der Waals surface area contributed by atoms with Crippen molar-refractivity contribution in [1.82, 2.24) is 24.8 Å². The minimum Gasteiger partial charge on any atom is -0.462 e. The maximum atomic E-state index is 5.39. The lowest BCUT2D eigenvalue weighted by molar-refractivity contribution is 0.580. The molecule has 5 rings (SSSR count). The Bertz CT molecular complexity index is 1090. The molecule has 0 fully saturated rings. The molecule has 0 amide bonds. The van der Waals surface area contributed by atoms with Gasteiger partial charge in [0.15, 0.2) is 20.9 Å². The van der Waals surface area contributed by atoms with Gasteiger partial charge in [0.2, 0.25) is 4.96 Å². The third-order valence-electron chi connectivity index (χ3n) is 3.39. The Morgan fingerprint density at radius 1 is 1.08 bits per heavy atom. The number of fused-ring (bicyclic) bond motifs is 2. The Kier molecular flexibility index (Phi) is 3.35. The van der Waals surface area contributed by atoms with Gasteiger partial charge in [-0.3, -0.25) is 0 Å². The molecule has 4 heterocycles. The van der Waals surface area contributed by atoms with Crippen molar-refractivity contribution >= 4 is 49.6 Å². The van der Waals surface area contributed by atoms with Crippen LogP contribution in [0.25, 0.3) is 25.9 Å². The van der Waals surface area contributed by atoms with Crippen molar-refractivity contribution in [1.29, 1.82) is 0 Å². The van der Waals surface area contributed by atoms with Gasteiger partial charge in [0.25, 0.3) is 0 Å². The number of hydrogen-bond donors (Lipinski definition) is 0. The van der Waals surface area contributed by atoms with Crippen LogP contribution in [-0.4, -0.2) is 24.8 Å². The number of furan rings is 1. The molecule has 6 nitrogen and oxygen atoms in total. The molecule has 0 N–H and O–H groups in total. The van der Waals surface area contributed by atoms with Crippen LogP contribution in [0.4, 0.5) is 0 Å². The maximum Gasteiger partial charge on any atom is 0.235 e. The number of thiazole rings is 1. The van der Waals surface area contributed by atoms with E-state index in [2.05, 4.69) is 26.3 Å². The molecule has 4 aromatic heterocycles. The minimum absolute atomic E-state index is 0.669. The smallest absolute Gasteiger partial charge is 0.235 e. The number of para-hydroxylation sites is 1. The Balaban J connectivity index is 1.42. The van der Waals surface area contributed by atoms with Gasteiger partial charge in [-0.15, -0.1) is 26.6 Å². The molecule has 0 aliphatic carbocycles. The highest BCUT2D eigenvalue weighted by Gasteiger charge is 2.15. The van der Waals surface area contributed by atoms with E-state index in [1.165, 1.54) is 16.0 Å². The van der Waals surface area contributed by atoms with Crippen LogP contribution < -0.4 is 0 Å². The van der Waals surface area contributed by atoms with Gasteiger partial charge in [0.1, 0.15) is 0 Å². The van der Waals surface area contributed by atoms with Crippen LogP contribution in [0.5, 0.6) is 0 Å². The SMILES string of the molecule is c1coc(-c2nn3c(CSc4nc5ccccc5s4)nnc3s2)c1. The molecule has 5 aromatic rings. The molecule has 118 valence electrons. The van der Waals surface area contributed by atoms with Gasteiger partial charge in [0, 0.05) is 0 Å². The van der Waals surface area contributed by atoms with Gasteiger partial charge in [-0.1, -0.05) is 35.2 Å². The lowest BCUT2D eigenvalue weighted by Crippen LogP contribution is -1.93. The van der Waals surface area contributed by atoms with E-state index in [9.17, 15) is 0 Å². The molecular weight excluding hydrogens is 362 g/mol. The Morgan fingerprint density at radius 3 is 2.92 bits per heavy atom. The summed E-state index contributed by atoms with van der Waals surface area (Å²) < 4.78 is 9.39. The summed E-state index contributed by atoms with van der Waals surface area (Å²) >= 11 is 4.80. The van der Waals surface area contributed by atoms with Crippen molar-refractivity contribution in [2.24, 2.45) is 0 Å². The van der Waals surface area contributed by atoms with Crippen LogP contribution in [0.3, 0.4) is 0 Å². The van der Waals surface area contributed by atoms with Crippen molar-refractivity contribution in [3.8, 4) is 10.8 Å². The maximum absolute atomic E-state index is 5.39. The molecule has 0 atom stereocenters. The van der Waals surface area contributed by atoms with E-state index in [1.807, 2.05) is 30.3 Å². The summed E-state index contributed by atoms with van der Waals surface area (Å²) in [5, 5.41) is 13.8. The minimum atomic E-state index is 0.669. The van der Waals surface area contributed by atoms with E-state index in [0.717, 1.165) is 31.4 Å². The first-order valence-corrected chi connectivity index (χ1v) is 9.72. The molecule has 0 aliphatic rings. The van der Waals surface area contributed by atoms with Gasteiger partial charge < -0.3 is 4.42 Å². The van der Waals surface area contributed by atoms with E-state index in [4.69, 9.17) is 4.42 Å². The predicted molar refractivity (Wildman–Crippen MR) is 95.5 cm³/mol. The van der Waals surface area contributed by atoms with Gasteiger partial charge in [-0.05, 0) is 24.3 Å². The Hall–Kier alpha value is -2.23. The zero-order valence-electron chi connectivity index (χ0n) is 12.1. The van der Waals surface area contributed by atoms with Gasteiger partial charge in [-0.2, -0.15) is 4.52 Å². The highest BCUT2D eigenvalue weighted by atomic mass is 32.2. The molecule has 0 saturated heterocycles. The number of benzene rings is 1. The predicted octanol–water partition coefficient (Wildman–Crippen LogP) is 4.35. The van der Waals surface area contributed by atoms with Crippen molar-refractivity contribution in [2.75, 3.05) is 0 Å². The normalized spacial score (nSPS) is 11.7. The molecule has 0 spiro atoms. The summed E-state index contributed by atoms with van der Waals surface area (Å²) in [5.74, 6) is 2.22. The second kappa shape index (κ2) is 5.69. The summed E-state index contributed by atoms with van der Waals surface area (Å²) in [7, 11) is 0. The second-order valence-corrected chi connectivity index (χ2v) is 8.14. The lowest BCUT2D eigenvalue weighted by Gasteiger charge is -1.94. The number of aromatic nitrogens is 5. The Labute approximate surface area is 148 Å². The summed E-state index contributed by atoms with van der Waals surface area (Å²) in [6.45, 7) is 0. The number of hydrogen-bond acceptors (Lipinski definition) is 8. The molecule has 24 heavy (non-hydrogen) atoms. The van der Waals surface area contributed by atoms with Crippen molar-refractivity contribution in [2.45, 2.75) is 10.1 Å². The van der Waals surface area contributed by atoms with Crippen LogP contribution in [0.2, 0.25) is 0 Å². The molecule has 0 aliphatic heterocycles. The van der Waals surface area contributed by atoms with Crippen molar-refractivity contribution < 1.29 is 4.42 Å². The summed E-state index contributed by atoms with van der Waals surface area (Å²) in [6.07, 6.45) is 1.64. The van der Waals surface area contributed by atoms with Crippen molar-refractivity contribution in [3.05, 3.63) is 48.5 Å². The van der Waals surface area contributed by atoms with Crippen LogP contribution in [-0.2, 0) is 5.75 Å². The molecule has 9 heteroatoms. The van der Waals surface area contributed by atoms with Crippen LogP contribution in [0.1, 0.15) is 5.82 Å². The summed E-state index contributed by atoms with van der Waals surface area (Å²) in [6, 6.07) is 11.9. The number of nitrogens with zero attached hydrogens (tertiary/aromatic N) is 5. The molecule has 0 unspecified atom stereocenters.